The van der Waals surface area contributed by atoms with Crippen molar-refractivity contribution in [2.75, 3.05) is 43.4 Å². The third-order valence-corrected chi connectivity index (χ3v) is 6.71. The predicted octanol–water partition coefficient (Wildman–Crippen LogP) is 2.87. The fraction of sp³-hybridized carbons (Fsp3) is 0.478. The van der Waals surface area contributed by atoms with Crippen LogP contribution in [0.15, 0.2) is 35.5 Å². The van der Waals surface area contributed by atoms with Crippen LogP contribution in [0.25, 0.3) is 0 Å². The molecule has 2 atom stereocenters. The number of nitrogens with zero attached hydrogens (tertiary/aromatic N) is 5. The van der Waals surface area contributed by atoms with Crippen LogP contribution in [0.2, 0.25) is 0 Å². The lowest BCUT2D eigenvalue weighted by atomic mass is 9.74. The van der Waals surface area contributed by atoms with Gasteiger partial charge in [0, 0.05) is 38.0 Å². The second-order valence-electron chi connectivity index (χ2n) is 8.72. The number of aliphatic imine (C=N–C) groups is 1. The van der Waals surface area contributed by atoms with Crippen LogP contribution in [-0.4, -0.2) is 49.4 Å². The van der Waals surface area contributed by atoms with Crippen LogP contribution in [0.1, 0.15) is 30.4 Å². The van der Waals surface area contributed by atoms with Gasteiger partial charge in [0.1, 0.15) is 17.5 Å². The molecule has 30 heavy (non-hydrogen) atoms. The highest BCUT2D eigenvalue weighted by molar-refractivity contribution is 5.76. The van der Waals surface area contributed by atoms with E-state index in [1.807, 2.05) is 7.05 Å². The first-order valence-corrected chi connectivity index (χ1v) is 10.7. The highest BCUT2D eigenvalue weighted by Gasteiger charge is 2.45. The molecule has 5 rings (SSSR count). The van der Waals surface area contributed by atoms with Crippen LogP contribution < -0.4 is 15.5 Å². The van der Waals surface area contributed by atoms with Gasteiger partial charge in [-0.25, -0.2) is 9.97 Å². The molecular weight excluding hydrogens is 374 g/mol. The Labute approximate surface area is 177 Å². The Morgan fingerprint density at radius 1 is 1.23 bits per heavy atom. The van der Waals surface area contributed by atoms with Crippen LogP contribution in [0.4, 0.5) is 17.5 Å². The first-order chi connectivity index (χ1) is 14.7. The van der Waals surface area contributed by atoms with Crippen molar-refractivity contribution in [3.63, 3.8) is 0 Å². The lowest BCUT2D eigenvalue weighted by Gasteiger charge is -2.35. The number of aromatic nitrogens is 2. The van der Waals surface area contributed by atoms with Gasteiger partial charge in [-0.1, -0.05) is 0 Å². The van der Waals surface area contributed by atoms with Gasteiger partial charge in [0.2, 0.25) is 0 Å². The molecule has 0 amide bonds. The molecule has 7 nitrogen and oxygen atoms in total. The van der Waals surface area contributed by atoms with E-state index in [1.54, 1.807) is 18.3 Å². The molecule has 2 aromatic rings. The van der Waals surface area contributed by atoms with E-state index in [2.05, 4.69) is 49.9 Å². The molecule has 4 heterocycles. The summed E-state index contributed by atoms with van der Waals surface area (Å²) >= 11 is 0. The number of anilines is 3. The average Bonchev–Trinajstić information content (AvgIpc) is 3.39. The van der Waals surface area contributed by atoms with E-state index >= 15 is 0 Å². The maximum absolute atomic E-state index is 9.20. The van der Waals surface area contributed by atoms with Crippen molar-refractivity contribution < 1.29 is 0 Å². The highest BCUT2D eigenvalue weighted by Crippen LogP contribution is 2.46. The second kappa shape index (κ2) is 7.69. The molecule has 0 aromatic carbocycles. The molecule has 2 aliphatic heterocycles. The summed E-state index contributed by atoms with van der Waals surface area (Å²) in [5.74, 6) is 4.11. The summed E-state index contributed by atoms with van der Waals surface area (Å²) in [7, 11) is 1.86. The van der Waals surface area contributed by atoms with Crippen LogP contribution in [0.3, 0.4) is 0 Å². The fourth-order valence-corrected chi connectivity index (χ4v) is 4.93. The number of nitriles is 1. The van der Waals surface area contributed by atoms with E-state index in [9.17, 15) is 5.26 Å². The molecule has 2 N–H and O–H groups in total. The van der Waals surface area contributed by atoms with Crippen LogP contribution >= 0.6 is 0 Å². The van der Waals surface area contributed by atoms with Crippen LogP contribution in [-0.2, 0) is 5.41 Å². The van der Waals surface area contributed by atoms with Crippen LogP contribution in [0.5, 0.6) is 0 Å². The fourth-order valence-electron chi connectivity index (χ4n) is 4.93. The number of pyridine rings is 2. The molecule has 1 aliphatic carbocycles. The van der Waals surface area contributed by atoms with E-state index < -0.39 is 0 Å². The number of hydrogen-bond acceptors (Lipinski definition) is 7. The number of hydrogen-bond donors (Lipinski definition) is 2. The third-order valence-electron chi connectivity index (χ3n) is 6.71. The molecule has 2 aromatic heterocycles. The maximum atomic E-state index is 9.20. The van der Waals surface area contributed by atoms with Gasteiger partial charge in [-0.3, -0.25) is 4.99 Å². The molecule has 2 unspecified atom stereocenters. The molecule has 0 radical (unpaired) electrons. The van der Waals surface area contributed by atoms with E-state index in [1.165, 1.54) is 12.0 Å². The minimum absolute atomic E-state index is 0.0846. The number of fused-ring (bicyclic) bond motifs is 1. The Morgan fingerprint density at radius 3 is 2.77 bits per heavy atom. The van der Waals surface area contributed by atoms with Crippen molar-refractivity contribution in [1.29, 1.82) is 5.26 Å². The molecule has 0 bridgehead atoms. The first kappa shape index (κ1) is 19.0. The smallest absolute Gasteiger partial charge is 0.134 e. The SMILES string of the molecule is C/N=C/C1(c2cc(Nc3cc(C#N)ccn3)nc(N3CC4CC4C3)c2)CCNCC1. The minimum atomic E-state index is -0.0846. The summed E-state index contributed by atoms with van der Waals surface area (Å²) in [5, 5.41) is 16.0. The summed E-state index contributed by atoms with van der Waals surface area (Å²) < 4.78 is 0. The highest BCUT2D eigenvalue weighted by atomic mass is 15.2. The van der Waals surface area contributed by atoms with Gasteiger partial charge >= 0.3 is 0 Å². The monoisotopic (exact) mass is 401 g/mol. The molecule has 7 heteroatoms. The van der Waals surface area contributed by atoms with Crippen molar-refractivity contribution in [3.05, 3.63) is 41.6 Å². The Bertz CT molecular complexity index is 993. The third kappa shape index (κ3) is 3.63. The zero-order valence-electron chi connectivity index (χ0n) is 17.3. The molecule has 154 valence electrons. The van der Waals surface area contributed by atoms with Crippen molar-refractivity contribution in [1.82, 2.24) is 15.3 Å². The van der Waals surface area contributed by atoms with E-state index in [0.29, 0.717) is 11.4 Å². The molecule has 3 aliphatic rings. The number of piperidine rings is 2. The van der Waals surface area contributed by atoms with Gasteiger partial charge in [0.05, 0.1) is 11.6 Å². The summed E-state index contributed by atoms with van der Waals surface area (Å²) in [5.41, 5.74) is 1.74. The lowest BCUT2D eigenvalue weighted by Crippen LogP contribution is -2.41. The summed E-state index contributed by atoms with van der Waals surface area (Å²) in [6.07, 6.45) is 7.16. The average molecular weight is 402 g/mol. The predicted molar refractivity (Wildman–Crippen MR) is 118 cm³/mol. The Kier molecular flexibility index (Phi) is 4.87. The minimum Gasteiger partial charge on any atom is -0.356 e. The van der Waals surface area contributed by atoms with Gasteiger partial charge in [-0.2, -0.15) is 5.26 Å². The quantitative estimate of drug-likeness (QED) is 0.749. The Balaban J connectivity index is 1.54. The van der Waals surface area contributed by atoms with E-state index in [0.717, 1.165) is 62.5 Å². The molecular formula is C23H27N7. The van der Waals surface area contributed by atoms with E-state index in [-0.39, 0.29) is 5.41 Å². The van der Waals surface area contributed by atoms with Gasteiger partial charge in [0.25, 0.3) is 0 Å². The summed E-state index contributed by atoms with van der Waals surface area (Å²) in [6.45, 7) is 4.15. The maximum Gasteiger partial charge on any atom is 0.134 e. The van der Waals surface area contributed by atoms with Crippen molar-refractivity contribution in [3.8, 4) is 6.07 Å². The van der Waals surface area contributed by atoms with Crippen molar-refractivity contribution in [2.45, 2.75) is 24.7 Å². The van der Waals surface area contributed by atoms with Crippen LogP contribution in [0, 0.1) is 23.2 Å². The molecule has 0 spiro atoms. The summed E-state index contributed by atoms with van der Waals surface area (Å²) in [4.78, 5) is 16.2. The van der Waals surface area contributed by atoms with E-state index in [4.69, 9.17) is 4.98 Å². The first-order valence-electron chi connectivity index (χ1n) is 10.7. The zero-order valence-corrected chi connectivity index (χ0v) is 17.3. The van der Waals surface area contributed by atoms with Gasteiger partial charge in [0.15, 0.2) is 0 Å². The van der Waals surface area contributed by atoms with Crippen molar-refractivity contribution in [2.24, 2.45) is 16.8 Å². The lowest BCUT2D eigenvalue weighted by molar-refractivity contribution is 0.403. The number of rotatable bonds is 5. The van der Waals surface area contributed by atoms with Gasteiger partial charge in [-0.15, -0.1) is 0 Å². The number of nitrogens with one attached hydrogen (secondary N) is 2. The topological polar surface area (TPSA) is 89.2 Å². The standard InChI is InChI=1S/C23H27N7/c1-25-15-23(3-6-26-7-4-23)19-10-21(28-20-8-16(12-24)2-5-27-20)29-22(11-19)30-13-17-9-18(17)14-30/h2,5,8,10-11,15,17-18,26H,3-4,6-7,9,13-14H2,1H3,(H,27,28,29)/b25-15+. The Morgan fingerprint density at radius 2 is 2.03 bits per heavy atom. The molecule has 2 saturated heterocycles. The zero-order chi connectivity index (χ0) is 20.6. The normalized spacial score (nSPS) is 24.5. The molecule has 3 fully saturated rings. The largest absolute Gasteiger partial charge is 0.356 e. The van der Waals surface area contributed by atoms with Crippen molar-refractivity contribution >= 4 is 23.7 Å². The van der Waals surface area contributed by atoms with Gasteiger partial charge < -0.3 is 15.5 Å². The van der Waals surface area contributed by atoms with Gasteiger partial charge in [-0.05, 0) is 74.0 Å². The second-order valence-corrected chi connectivity index (χ2v) is 8.72. The Hall–Kier alpha value is -2.98. The summed E-state index contributed by atoms with van der Waals surface area (Å²) in [6, 6.07) is 10.0. The molecule has 1 saturated carbocycles.